The van der Waals surface area contributed by atoms with E-state index in [2.05, 4.69) is 25.8 Å². The number of fused-ring (bicyclic) bond motifs is 1. The van der Waals surface area contributed by atoms with Crippen LogP contribution in [-0.4, -0.2) is 33.7 Å². The minimum Gasteiger partial charge on any atom is -0.494 e. The van der Waals surface area contributed by atoms with E-state index >= 15 is 0 Å². The Kier molecular flexibility index (Phi) is 6.03. The Morgan fingerprint density at radius 3 is 2.88 bits per heavy atom. The third-order valence-electron chi connectivity index (χ3n) is 3.77. The maximum atomic E-state index is 5.54. The number of aliphatic imine (C=N–C) groups is 1. The molecule has 0 fully saturated rings. The van der Waals surface area contributed by atoms with E-state index in [4.69, 9.17) is 4.74 Å². The van der Waals surface area contributed by atoms with E-state index < -0.39 is 0 Å². The molecule has 2 aromatic heterocycles. The minimum atomic E-state index is 0.538. The van der Waals surface area contributed by atoms with Crippen LogP contribution in [0.5, 0.6) is 5.75 Å². The van der Waals surface area contributed by atoms with Gasteiger partial charge in [-0.2, -0.15) is 0 Å². The lowest BCUT2D eigenvalue weighted by molar-refractivity contribution is 0.340. The highest BCUT2D eigenvalue weighted by molar-refractivity contribution is 5.79. The van der Waals surface area contributed by atoms with E-state index in [0.717, 1.165) is 35.3 Å². The van der Waals surface area contributed by atoms with Gasteiger partial charge in [0.05, 0.1) is 19.7 Å². The summed E-state index contributed by atoms with van der Waals surface area (Å²) >= 11 is 0. The smallest absolute Gasteiger partial charge is 0.191 e. The van der Waals surface area contributed by atoms with Gasteiger partial charge in [0.25, 0.3) is 0 Å². The Balaban J connectivity index is 1.66. The molecule has 136 valence electrons. The number of hydrogen-bond donors (Lipinski definition) is 2. The maximum absolute atomic E-state index is 5.54. The van der Waals surface area contributed by atoms with E-state index in [0.29, 0.717) is 19.7 Å². The molecule has 0 amide bonds. The molecule has 0 radical (unpaired) electrons. The Labute approximate surface area is 153 Å². The summed E-state index contributed by atoms with van der Waals surface area (Å²) in [5, 5.41) is 15.0. The molecule has 7 nitrogen and oxygen atoms in total. The number of hydrogen-bond acceptors (Lipinski definition) is 4. The van der Waals surface area contributed by atoms with Gasteiger partial charge in [-0.05, 0) is 43.7 Å². The number of ether oxygens (including phenoxy) is 1. The molecule has 0 aliphatic rings. The van der Waals surface area contributed by atoms with Crippen LogP contribution in [0.15, 0.2) is 53.7 Å². The predicted octanol–water partition coefficient (Wildman–Crippen LogP) is 2.38. The number of nitrogens with one attached hydrogen (secondary N) is 2. The molecule has 0 aliphatic heterocycles. The van der Waals surface area contributed by atoms with Gasteiger partial charge in [0.15, 0.2) is 17.4 Å². The van der Waals surface area contributed by atoms with Crippen LogP contribution < -0.4 is 15.4 Å². The summed E-state index contributed by atoms with van der Waals surface area (Å²) in [5.74, 6) is 2.44. The van der Waals surface area contributed by atoms with Crippen LogP contribution in [0.2, 0.25) is 0 Å². The van der Waals surface area contributed by atoms with Crippen molar-refractivity contribution in [1.82, 2.24) is 25.2 Å². The largest absolute Gasteiger partial charge is 0.494 e. The van der Waals surface area contributed by atoms with Crippen LogP contribution in [0, 0.1) is 0 Å². The van der Waals surface area contributed by atoms with Crippen LogP contribution in [0.25, 0.3) is 5.65 Å². The summed E-state index contributed by atoms with van der Waals surface area (Å²) in [6.07, 6.45) is 1.95. The monoisotopic (exact) mass is 352 g/mol. The molecular formula is C19H24N6O. The van der Waals surface area contributed by atoms with Gasteiger partial charge in [0.1, 0.15) is 5.75 Å². The number of guanidine groups is 1. The second-order valence-electron chi connectivity index (χ2n) is 5.67. The third-order valence-corrected chi connectivity index (χ3v) is 3.77. The lowest BCUT2D eigenvalue weighted by Gasteiger charge is -2.11. The van der Waals surface area contributed by atoms with Gasteiger partial charge in [-0.1, -0.05) is 18.2 Å². The second kappa shape index (κ2) is 8.84. The molecular weight excluding hydrogens is 328 g/mol. The van der Waals surface area contributed by atoms with Gasteiger partial charge in [0.2, 0.25) is 0 Å². The van der Waals surface area contributed by atoms with Gasteiger partial charge in [0, 0.05) is 12.7 Å². The molecule has 26 heavy (non-hydrogen) atoms. The average molecular weight is 352 g/mol. The maximum Gasteiger partial charge on any atom is 0.191 e. The van der Waals surface area contributed by atoms with Crippen molar-refractivity contribution in [3.05, 3.63) is 60.0 Å². The van der Waals surface area contributed by atoms with Crippen LogP contribution in [-0.2, 0) is 13.1 Å². The number of pyridine rings is 1. The number of rotatable bonds is 7. The van der Waals surface area contributed by atoms with Gasteiger partial charge in [-0.3, -0.25) is 4.40 Å². The first-order valence-electron chi connectivity index (χ1n) is 8.82. The van der Waals surface area contributed by atoms with E-state index in [1.807, 2.05) is 66.9 Å². The second-order valence-corrected chi connectivity index (χ2v) is 5.67. The predicted molar refractivity (Wildman–Crippen MR) is 102 cm³/mol. The lowest BCUT2D eigenvalue weighted by Crippen LogP contribution is -2.37. The van der Waals surface area contributed by atoms with E-state index in [-0.39, 0.29) is 0 Å². The van der Waals surface area contributed by atoms with Crippen LogP contribution in [0.1, 0.15) is 25.2 Å². The fourth-order valence-corrected chi connectivity index (χ4v) is 2.59. The molecule has 0 saturated heterocycles. The zero-order chi connectivity index (χ0) is 18.2. The Morgan fingerprint density at radius 2 is 2.04 bits per heavy atom. The SMILES string of the molecule is CCNC(=NCc1cccc(OCC)c1)NCc1nnc2ccccn12. The van der Waals surface area contributed by atoms with Crippen molar-refractivity contribution in [1.29, 1.82) is 0 Å². The molecule has 0 atom stereocenters. The summed E-state index contributed by atoms with van der Waals surface area (Å²) in [6, 6.07) is 13.8. The van der Waals surface area contributed by atoms with Crippen molar-refractivity contribution in [3.8, 4) is 5.75 Å². The highest BCUT2D eigenvalue weighted by Gasteiger charge is 2.05. The molecule has 2 heterocycles. The number of benzene rings is 1. The number of nitrogens with zero attached hydrogens (tertiary/aromatic N) is 4. The fraction of sp³-hybridized carbons (Fsp3) is 0.316. The summed E-state index contributed by atoms with van der Waals surface area (Å²) < 4.78 is 7.50. The Bertz CT molecular complexity index is 873. The first kappa shape index (κ1) is 17.7. The van der Waals surface area contributed by atoms with Crippen molar-refractivity contribution in [2.24, 2.45) is 4.99 Å². The Morgan fingerprint density at radius 1 is 1.12 bits per heavy atom. The highest BCUT2D eigenvalue weighted by Crippen LogP contribution is 2.13. The van der Waals surface area contributed by atoms with E-state index in [1.54, 1.807) is 0 Å². The minimum absolute atomic E-state index is 0.538. The van der Waals surface area contributed by atoms with Gasteiger partial charge >= 0.3 is 0 Å². The molecule has 3 aromatic rings. The highest BCUT2D eigenvalue weighted by atomic mass is 16.5. The molecule has 0 saturated carbocycles. The summed E-state index contributed by atoms with van der Waals surface area (Å²) in [5.41, 5.74) is 1.93. The van der Waals surface area contributed by atoms with E-state index in [1.165, 1.54) is 0 Å². The molecule has 1 aromatic carbocycles. The molecule has 3 rings (SSSR count). The fourth-order valence-electron chi connectivity index (χ4n) is 2.59. The zero-order valence-electron chi connectivity index (χ0n) is 15.1. The van der Waals surface area contributed by atoms with Crippen LogP contribution in [0.3, 0.4) is 0 Å². The molecule has 0 bridgehead atoms. The zero-order valence-corrected chi connectivity index (χ0v) is 15.1. The Hall–Kier alpha value is -3.09. The molecule has 0 aliphatic carbocycles. The summed E-state index contributed by atoms with van der Waals surface area (Å²) in [4.78, 5) is 4.65. The van der Waals surface area contributed by atoms with Crippen molar-refractivity contribution in [3.63, 3.8) is 0 Å². The van der Waals surface area contributed by atoms with E-state index in [9.17, 15) is 0 Å². The normalized spacial score (nSPS) is 11.5. The molecule has 2 N–H and O–H groups in total. The van der Waals surface area contributed by atoms with Crippen molar-refractivity contribution >= 4 is 11.6 Å². The van der Waals surface area contributed by atoms with Crippen molar-refractivity contribution < 1.29 is 4.74 Å². The van der Waals surface area contributed by atoms with Crippen molar-refractivity contribution in [2.75, 3.05) is 13.2 Å². The van der Waals surface area contributed by atoms with Crippen molar-refractivity contribution in [2.45, 2.75) is 26.9 Å². The standard InChI is InChI=1S/C19H24N6O/c1-3-20-19(21-13-15-8-7-9-16(12-15)26-4-2)22-14-18-24-23-17-10-5-6-11-25(17)18/h5-12H,3-4,13-14H2,1-2H3,(H2,20,21,22). The topological polar surface area (TPSA) is 75.8 Å². The molecule has 0 unspecified atom stereocenters. The summed E-state index contributed by atoms with van der Waals surface area (Å²) in [6.45, 7) is 6.56. The van der Waals surface area contributed by atoms with Crippen LogP contribution in [0.4, 0.5) is 0 Å². The van der Waals surface area contributed by atoms with Gasteiger partial charge < -0.3 is 15.4 Å². The first-order chi connectivity index (χ1) is 12.8. The average Bonchev–Trinajstić information content (AvgIpc) is 3.08. The third kappa shape index (κ3) is 4.50. The van der Waals surface area contributed by atoms with Gasteiger partial charge in [-0.15, -0.1) is 10.2 Å². The van der Waals surface area contributed by atoms with Crippen LogP contribution >= 0.6 is 0 Å². The summed E-state index contributed by atoms with van der Waals surface area (Å²) in [7, 11) is 0. The van der Waals surface area contributed by atoms with Gasteiger partial charge in [-0.25, -0.2) is 4.99 Å². The quantitative estimate of drug-likeness (QED) is 0.504. The first-order valence-corrected chi connectivity index (χ1v) is 8.82. The molecule has 0 spiro atoms. The lowest BCUT2D eigenvalue weighted by atomic mass is 10.2. The number of aromatic nitrogens is 3. The molecule has 7 heteroatoms.